The first-order valence-corrected chi connectivity index (χ1v) is 4.25. The first kappa shape index (κ1) is 9.45. The number of imide groups is 1. The van der Waals surface area contributed by atoms with Crippen LogP contribution in [0.15, 0.2) is 18.2 Å². The van der Waals surface area contributed by atoms with Crippen molar-refractivity contribution >= 4 is 23.3 Å². The van der Waals surface area contributed by atoms with E-state index in [-0.39, 0.29) is 17.9 Å². The Kier molecular flexibility index (Phi) is 2.03. The number of anilines is 2. The summed E-state index contributed by atoms with van der Waals surface area (Å²) in [6.07, 6.45) is 0. The molecule has 0 bridgehead atoms. The second-order valence-electron chi connectivity index (χ2n) is 3.09. The Hall–Kier alpha value is -2.11. The van der Waals surface area contributed by atoms with E-state index >= 15 is 0 Å². The third-order valence-corrected chi connectivity index (χ3v) is 2.08. The van der Waals surface area contributed by atoms with Gasteiger partial charge in [0.05, 0.1) is 17.9 Å². The molecule has 15 heavy (non-hydrogen) atoms. The van der Waals surface area contributed by atoms with Crippen LogP contribution in [0.4, 0.5) is 20.6 Å². The first-order chi connectivity index (χ1) is 7.09. The van der Waals surface area contributed by atoms with E-state index in [2.05, 4.69) is 5.32 Å². The maximum Gasteiger partial charge on any atom is 0.329 e. The van der Waals surface area contributed by atoms with Crippen molar-refractivity contribution in [3.8, 4) is 0 Å². The third kappa shape index (κ3) is 1.50. The number of hydrogen-bond donors (Lipinski definition) is 2. The standard InChI is InChI=1S/C9H8FN3O2/c10-5-1-2-6(11)7(3-5)13-8(14)4-12-9(13)15/h1-3H,4,11H2,(H,12,15). The minimum Gasteiger partial charge on any atom is -0.397 e. The summed E-state index contributed by atoms with van der Waals surface area (Å²) in [4.78, 5) is 23.4. The van der Waals surface area contributed by atoms with Crippen LogP contribution < -0.4 is 16.0 Å². The van der Waals surface area contributed by atoms with Crippen LogP contribution in [0.25, 0.3) is 0 Å². The number of carbonyl (C=O) groups excluding carboxylic acids is 2. The highest BCUT2D eigenvalue weighted by molar-refractivity contribution is 6.21. The Morgan fingerprint density at radius 3 is 2.73 bits per heavy atom. The van der Waals surface area contributed by atoms with Gasteiger partial charge in [-0.3, -0.25) is 4.79 Å². The van der Waals surface area contributed by atoms with Crippen molar-refractivity contribution in [1.82, 2.24) is 5.32 Å². The molecular formula is C9H8FN3O2. The van der Waals surface area contributed by atoms with E-state index in [9.17, 15) is 14.0 Å². The number of nitrogen functional groups attached to an aromatic ring is 1. The lowest BCUT2D eigenvalue weighted by molar-refractivity contribution is -0.115. The number of hydrogen-bond acceptors (Lipinski definition) is 3. The SMILES string of the molecule is Nc1ccc(F)cc1N1C(=O)CNC1=O. The smallest absolute Gasteiger partial charge is 0.329 e. The summed E-state index contributed by atoms with van der Waals surface area (Å²) >= 11 is 0. The van der Waals surface area contributed by atoms with Gasteiger partial charge >= 0.3 is 6.03 Å². The maximum absolute atomic E-state index is 12.9. The Balaban J connectivity index is 2.48. The summed E-state index contributed by atoms with van der Waals surface area (Å²) in [5.41, 5.74) is 5.81. The highest BCUT2D eigenvalue weighted by atomic mass is 19.1. The molecule has 0 aliphatic carbocycles. The van der Waals surface area contributed by atoms with E-state index in [1.54, 1.807) is 0 Å². The van der Waals surface area contributed by atoms with E-state index in [0.29, 0.717) is 0 Å². The molecule has 5 nitrogen and oxygen atoms in total. The Morgan fingerprint density at radius 2 is 2.13 bits per heavy atom. The van der Waals surface area contributed by atoms with E-state index in [0.717, 1.165) is 17.0 Å². The van der Waals surface area contributed by atoms with Crippen molar-refractivity contribution in [3.63, 3.8) is 0 Å². The van der Waals surface area contributed by atoms with E-state index in [1.807, 2.05) is 0 Å². The lowest BCUT2D eigenvalue weighted by Crippen LogP contribution is -2.31. The van der Waals surface area contributed by atoms with Gasteiger partial charge in [-0.15, -0.1) is 0 Å². The van der Waals surface area contributed by atoms with Gasteiger partial charge in [0, 0.05) is 6.07 Å². The van der Waals surface area contributed by atoms with Crippen molar-refractivity contribution in [2.45, 2.75) is 0 Å². The Labute approximate surface area is 84.7 Å². The average Bonchev–Trinajstić information content (AvgIpc) is 2.51. The third-order valence-electron chi connectivity index (χ3n) is 2.08. The largest absolute Gasteiger partial charge is 0.397 e. The van der Waals surface area contributed by atoms with Gasteiger partial charge in [0.25, 0.3) is 5.91 Å². The number of benzene rings is 1. The van der Waals surface area contributed by atoms with Crippen molar-refractivity contribution in [2.75, 3.05) is 17.2 Å². The Bertz CT molecular complexity index is 431. The summed E-state index contributed by atoms with van der Waals surface area (Å²) in [5, 5.41) is 2.32. The summed E-state index contributed by atoms with van der Waals surface area (Å²) in [6.45, 7) is -0.0885. The topological polar surface area (TPSA) is 75.4 Å². The van der Waals surface area contributed by atoms with Gasteiger partial charge in [0.15, 0.2) is 0 Å². The minimum absolute atomic E-state index is 0.0787. The first-order valence-electron chi connectivity index (χ1n) is 4.25. The molecule has 0 saturated carbocycles. The highest BCUT2D eigenvalue weighted by Gasteiger charge is 2.31. The van der Waals surface area contributed by atoms with E-state index < -0.39 is 17.8 Å². The van der Waals surface area contributed by atoms with Gasteiger partial charge in [-0.25, -0.2) is 14.1 Å². The number of halogens is 1. The molecule has 0 aromatic heterocycles. The highest BCUT2D eigenvalue weighted by Crippen LogP contribution is 2.25. The van der Waals surface area contributed by atoms with Crippen molar-refractivity contribution in [1.29, 1.82) is 0 Å². The van der Waals surface area contributed by atoms with Crippen LogP contribution in [-0.4, -0.2) is 18.5 Å². The van der Waals surface area contributed by atoms with Crippen LogP contribution in [-0.2, 0) is 4.79 Å². The van der Waals surface area contributed by atoms with Crippen LogP contribution in [0.5, 0.6) is 0 Å². The molecule has 78 valence electrons. The molecule has 1 aromatic carbocycles. The van der Waals surface area contributed by atoms with Crippen LogP contribution in [0.3, 0.4) is 0 Å². The van der Waals surface area contributed by atoms with Gasteiger partial charge in [0.1, 0.15) is 5.82 Å². The molecule has 1 heterocycles. The summed E-state index contributed by atoms with van der Waals surface area (Å²) in [5.74, 6) is -0.996. The molecule has 1 aromatic rings. The summed E-state index contributed by atoms with van der Waals surface area (Å²) < 4.78 is 12.9. The number of nitrogens with zero attached hydrogens (tertiary/aromatic N) is 1. The number of rotatable bonds is 1. The molecule has 0 unspecified atom stereocenters. The second kappa shape index (κ2) is 3.23. The molecule has 6 heteroatoms. The maximum atomic E-state index is 12.9. The van der Waals surface area contributed by atoms with E-state index in [4.69, 9.17) is 5.73 Å². The molecule has 0 atom stereocenters. The zero-order valence-corrected chi connectivity index (χ0v) is 7.66. The normalized spacial score (nSPS) is 15.7. The zero-order chi connectivity index (χ0) is 11.0. The molecular weight excluding hydrogens is 201 g/mol. The summed E-state index contributed by atoms with van der Waals surface area (Å²) in [6, 6.07) is 2.94. The molecule has 3 N–H and O–H groups in total. The number of urea groups is 1. The van der Waals surface area contributed by atoms with Crippen molar-refractivity contribution < 1.29 is 14.0 Å². The lowest BCUT2D eigenvalue weighted by Gasteiger charge is -2.14. The molecule has 2 rings (SSSR count). The lowest BCUT2D eigenvalue weighted by atomic mass is 10.2. The van der Waals surface area contributed by atoms with Crippen LogP contribution in [0.2, 0.25) is 0 Å². The molecule has 0 radical (unpaired) electrons. The molecule has 1 aliphatic heterocycles. The fourth-order valence-electron chi connectivity index (χ4n) is 1.38. The molecule has 1 fully saturated rings. The fraction of sp³-hybridized carbons (Fsp3) is 0.111. The average molecular weight is 209 g/mol. The fourth-order valence-corrected chi connectivity index (χ4v) is 1.38. The van der Waals surface area contributed by atoms with Gasteiger partial charge in [-0.2, -0.15) is 0 Å². The predicted molar refractivity (Wildman–Crippen MR) is 51.7 cm³/mol. The monoisotopic (exact) mass is 209 g/mol. The second-order valence-corrected chi connectivity index (χ2v) is 3.09. The zero-order valence-electron chi connectivity index (χ0n) is 7.66. The predicted octanol–water partition coefficient (Wildman–Crippen LogP) is 0.464. The summed E-state index contributed by atoms with van der Waals surface area (Å²) in [7, 11) is 0. The molecule has 1 saturated heterocycles. The van der Waals surface area contributed by atoms with Crippen LogP contribution >= 0.6 is 0 Å². The van der Waals surface area contributed by atoms with Crippen molar-refractivity contribution in [3.05, 3.63) is 24.0 Å². The molecule has 1 aliphatic rings. The van der Waals surface area contributed by atoms with Crippen molar-refractivity contribution in [2.24, 2.45) is 0 Å². The van der Waals surface area contributed by atoms with Gasteiger partial charge < -0.3 is 11.1 Å². The van der Waals surface area contributed by atoms with Crippen LogP contribution in [0.1, 0.15) is 0 Å². The minimum atomic E-state index is -0.586. The van der Waals surface area contributed by atoms with E-state index in [1.165, 1.54) is 6.07 Å². The number of carbonyl (C=O) groups is 2. The van der Waals surface area contributed by atoms with Gasteiger partial charge in [-0.1, -0.05) is 0 Å². The number of amides is 3. The molecule has 0 spiro atoms. The van der Waals surface area contributed by atoms with Gasteiger partial charge in [-0.05, 0) is 12.1 Å². The molecule has 3 amide bonds. The Morgan fingerprint density at radius 1 is 1.40 bits per heavy atom. The number of nitrogens with one attached hydrogen (secondary N) is 1. The quantitative estimate of drug-likeness (QED) is 0.521. The van der Waals surface area contributed by atoms with Gasteiger partial charge in [0.2, 0.25) is 0 Å². The van der Waals surface area contributed by atoms with Crippen LogP contribution in [0, 0.1) is 5.82 Å². The number of nitrogens with two attached hydrogens (primary N) is 1.